The van der Waals surface area contributed by atoms with Crippen LogP contribution >= 0.6 is 0 Å². The largest absolute Gasteiger partial charge is 0.478 e. The molecule has 0 aromatic heterocycles. The lowest BCUT2D eigenvalue weighted by molar-refractivity contribution is -0.129. The van der Waals surface area contributed by atoms with Gasteiger partial charge in [-0.15, -0.1) is 0 Å². The first kappa shape index (κ1) is 15.3. The van der Waals surface area contributed by atoms with E-state index in [0.717, 1.165) is 19.3 Å². The number of nitrogens with one attached hydrogen (secondary N) is 1. The van der Waals surface area contributed by atoms with Crippen LogP contribution in [-0.2, 0) is 4.79 Å². The fraction of sp³-hybridized carbons (Fsp3) is 0.500. The number of carbonyl (C=O) groups is 1. The van der Waals surface area contributed by atoms with Crippen molar-refractivity contribution in [2.24, 2.45) is 0 Å². The Morgan fingerprint density at radius 1 is 1.38 bits per heavy atom. The summed E-state index contributed by atoms with van der Waals surface area (Å²) >= 11 is 0. The average Bonchev–Trinajstić information content (AvgIpc) is 2.50. The molecule has 0 unspecified atom stereocenters. The van der Waals surface area contributed by atoms with Crippen molar-refractivity contribution in [3.05, 3.63) is 30.1 Å². The van der Waals surface area contributed by atoms with Crippen molar-refractivity contribution in [1.29, 1.82) is 5.26 Å². The minimum atomic E-state index is -0.853. The predicted molar refractivity (Wildman–Crippen MR) is 76.1 cm³/mol. The van der Waals surface area contributed by atoms with Gasteiger partial charge in [-0.2, -0.15) is 5.26 Å². The third kappa shape index (κ3) is 3.72. The van der Waals surface area contributed by atoms with Crippen LogP contribution in [0.1, 0.15) is 39.0 Å². The predicted octanol–water partition coefficient (Wildman–Crippen LogP) is 2.94. The Morgan fingerprint density at radius 3 is 2.67 bits per heavy atom. The van der Waals surface area contributed by atoms with Crippen molar-refractivity contribution >= 4 is 5.91 Å². The molecule has 1 aliphatic carbocycles. The summed E-state index contributed by atoms with van der Waals surface area (Å²) in [6, 6.07) is 8.16. The van der Waals surface area contributed by atoms with Crippen LogP contribution in [0.25, 0.3) is 0 Å². The second kappa shape index (κ2) is 6.57. The van der Waals surface area contributed by atoms with E-state index in [-0.39, 0.29) is 11.7 Å². The van der Waals surface area contributed by atoms with Crippen molar-refractivity contribution in [2.45, 2.75) is 50.7 Å². The molecule has 1 aromatic rings. The lowest BCUT2D eigenvalue weighted by Crippen LogP contribution is -2.52. The van der Waals surface area contributed by atoms with Crippen molar-refractivity contribution < 1.29 is 13.9 Å². The van der Waals surface area contributed by atoms with Crippen molar-refractivity contribution in [2.75, 3.05) is 0 Å². The number of benzene rings is 1. The van der Waals surface area contributed by atoms with E-state index in [2.05, 4.69) is 11.4 Å². The molecule has 2 rings (SSSR count). The fourth-order valence-corrected chi connectivity index (χ4v) is 2.54. The molecular weight excluding hydrogens is 271 g/mol. The highest BCUT2D eigenvalue weighted by Crippen LogP contribution is 2.27. The van der Waals surface area contributed by atoms with Crippen LogP contribution in [0.3, 0.4) is 0 Å². The first-order chi connectivity index (χ1) is 10.1. The number of hydrogen-bond donors (Lipinski definition) is 1. The minimum Gasteiger partial charge on any atom is -0.478 e. The Hall–Kier alpha value is -2.09. The number of ether oxygens (including phenoxy) is 1. The van der Waals surface area contributed by atoms with E-state index < -0.39 is 17.5 Å². The zero-order valence-electron chi connectivity index (χ0n) is 12.1. The standard InChI is InChI=1S/C16H19FN2O2/c1-12(21-14-8-4-3-7-13(14)17)15(20)19-16(11-18)9-5-2-6-10-16/h3-4,7-8,12H,2,5-6,9-10H2,1H3,(H,19,20)/t12-/m0/s1. The van der Waals surface area contributed by atoms with Gasteiger partial charge in [0, 0.05) is 0 Å². The molecule has 1 aliphatic rings. The maximum atomic E-state index is 13.5. The van der Waals surface area contributed by atoms with Crippen LogP contribution in [0.15, 0.2) is 24.3 Å². The Balaban J connectivity index is 1.99. The van der Waals surface area contributed by atoms with Gasteiger partial charge in [-0.3, -0.25) is 4.79 Å². The van der Waals surface area contributed by atoms with E-state index in [9.17, 15) is 14.4 Å². The lowest BCUT2D eigenvalue weighted by Gasteiger charge is -2.32. The normalized spacial score (nSPS) is 18.3. The molecule has 1 aromatic carbocycles. The highest BCUT2D eigenvalue weighted by atomic mass is 19.1. The summed E-state index contributed by atoms with van der Waals surface area (Å²) in [5.41, 5.74) is -0.803. The van der Waals surface area contributed by atoms with Gasteiger partial charge in [-0.1, -0.05) is 31.4 Å². The number of nitrogens with zero attached hydrogens (tertiary/aromatic N) is 1. The molecule has 1 fully saturated rings. The molecule has 112 valence electrons. The Morgan fingerprint density at radius 2 is 2.05 bits per heavy atom. The monoisotopic (exact) mass is 290 g/mol. The van der Waals surface area contributed by atoms with Crippen LogP contribution in [-0.4, -0.2) is 17.6 Å². The number of halogens is 1. The molecular formula is C16H19FN2O2. The maximum absolute atomic E-state index is 13.5. The summed E-state index contributed by atoms with van der Waals surface area (Å²) in [4.78, 5) is 12.2. The molecule has 0 aliphatic heterocycles. The number of nitriles is 1. The highest BCUT2D eigenvalue weighted by molar-refractivity contribution is 5.82. The molecule has 0 saturated heterocycles. The molecule has 0 heterocycles. The highest BCUT2D eigenvalue weighted by Gasteiger charge is 2.35. The van der Waals surface area contributed by atoms with Gasteiger partial charge < -0.3 is 10.1 Å². The van der Waals surface area contributed by atoms with E-state index in [1.807, 2.05) is 0 Å². The maximum Gasteiger partial charge on any atom is 0.262 e. The van der Waals surface area contributed by atoms with E-state index >= 15 is 0 Å². The number of rotatable bonds is 4. The van der Waals surface area contributed by atoms with Crippen LogP contribution in [0.2, 0.25) is 0 Å². The third-order valence-electron chi connectivity index (χ3n) is 3.79. The van der Waals surface area contributed by atoms with Gasteiger partial charge in [0.2, 0.25) is 0 Å². The zero-order chi connectivity index (χ0) is 15.3. The van der Waals surface area contributed by atoms with Crippen LogP contribution in [0.5, 0.6) is 5.75 Å². The Bertz CT molecular complexity index is 547. The van der Waals surface area contributed by atoms with Crippen molar-refractivity contribution in [3.63, 3.8) is 0 Å². The van der Waals surface area contributed by atoms with E-state index in [1.54, 1.807) is 19.1 Å². The number of carbonyl (C=O) groups excluding carboxylic acids is 1. The average molecular weight is 290 g/mol. The molecule has 21 heavy (non-hydrogen) atoms. The molecule has 1 amide bonds. The second-order valence-corrected chi connectivity index (χ2v) is 5.43. The van der Waals surface area contributed by atoms with Gasteiger partial charge >= 0.3 is 0 Å². The van der Waals surface area contributed by atoms with Crippen LogP contribution in [0, 0.1) is 17.1 Å². The van der Waals surface area contributed by atoms with Crippen LogP contribution in [0.4, 0.5) is 4.39 Å². The van der Waals surface area contributed by atoms with Crippen molar-refractivity contribution in [3.8, 4) is 11.8 Å². The second-order valence-electron chi connectivity index (χ2n) is 5.43. The van der Waals surface area contributed by atoms with E-state index in [4.69, 9.17) is 4.74 Å². The summed E-state index contributed by atoms with van der Waals surface area (Å²) in [6.07, 6.45) is 3.39. The fourth-order valence-electron chi connectivity index (χ4n) is 2.54. The molecule has 0 radical (unpaired) electrons. The number of hydrogen-bond acceptors (Lipinski definition) is 3. The SMILES string of the molecule is C[C@H](Oc1ccccc1F)C(=O)NC1(C#N)CCCCC1. The topological polar surface area (TPSA) is 62.1 Å². The van der Waals surface area contributed by atoms with E-state index in [1.165, 1.54) is 12.1 Å². The summed E-state index contributed by atoms with van der Waals surface area (Å²) in [5, 5.41) is 12.1. The summed E-state index contributed by atoms with van der Waals surface area (Å²) < 4.78 is 18.8. The first-order valence-corrected chi connectivity index (χ1v) is 7.21. The third-order valence-corrected chi connectivity index (χ3v) is 3.79. The zero-order valence-corrected chi connectivity index (χ0v) is 12.1. The van der Waals surface area contributed by atoms with Crippen LogP contribution < -0.4 is 10.1 Å². The van der Waals surface area contributed by atoms with Gasteiger partial charge in [0.05, 0.1) is 6.07 Å². The van der Waals surface area contributed by atoms with Gasteiger partial charge in [0.1, 0.15) is 5.54 Å². The summed E-state index contributed by atoms with van der Waals surface area (Å²) in [6.45, 7) is 1.55. The summed E-state index contributed by atoms with van der Waals surface area (Å²) in [5.74, 6) is -0.860. The lowest BCUT2D eigenvalue weighted by atomic mass is 9.83. The quantitative estimate of drug-likeness (QED) is 0.927. The van der Waals surface area contributed by atoms with Gasteiger partial charge in [0.25, 0.3) is 5.91 Å². The van der Waals surface area contributed by atoms with Gasteiger partial charge in [0.15, 0.2) is 17.7 Å². The molecule has 1 atom stereocenters. The summed E-state index contributed by atoms with van der Waals surface area (Å²) in [7, 11) is 0. The van der Waals surface area contributed by atoms with Crippen molar-refractivity contribution in [1.82, 2.24) is 5.32 Å². The minimum absolute atomic E-state index is 0.0369. The van der Waals surface area contributed by atoms with Gasteiger partial charge in [-0.25, -0.2) is 4.39 Å². The molecule has 1 saturated carbocycles. The molecule has 5 heteroatoms. The first-order valence-electron chi connectivity index (χ1n) is 7.21. The van der Waals surface area contributed by atoms with Gasteiger partial charge in [-0.05, 0) is 31.9 Å². The smallest absolute Gasteiger partial charge is 0.262 e. The molecule has 4 nitrogen and oxygen atoms in total. The number of amides is 1. The Kier molecular flexibility index (Phi) is 4.79. The Labute approximate surface area is 123 Å². The van der Waals surface area contributed by atoms with E-state index in [0.29, 0.717) is 12.8 Å². The molecule has 1 N–H and O–H groups in total. The number of para-hydroxylation sites is 1. The molecule has 0 bridgehead atoms. The molecule has 0 spiro atoms.